The van der Waals surface area contributed by atoms with Crippen LogP contribution in [-0.4, -0.2) is 28.1 Å². The van der Waals surface area contributed by atoms with Crippen LogP contribution >= 0.6 is 0 Å². The maximum absolute atomic E-state index is 12.3. The summed E-state index contributed by atoms with van der Waals surface area (Å²) in [6.45, 7) is 5.04. The van der Waals surface area contributed by atoms with Gasteiger partial charge in [-0.25, -0.2) is 0 Å². The molecule has 0 bridgehead atoms. The number of ketones is 1. The van der Waals surface area contributed by atoms with Crippen LogP contribution in [0.25, 0.3) is 10.9 Å². The first-order valence-electron chi connectivity index (χ1n) is 11.3. The van der Waals surface area contributed by atoms with E-state index in [0.29, 0.717) is 31.6 Å². The summed E-state index contributed by atoms with van der Waals surface area (Å²) < 4.78 is 6.02. The zero-order valence-electron chi connectivity index (χ0n) is 18.8. The zero-order chi connectivity index (χ0) is 22.5. The van der Waals surface area contributed by atoms with E-state index in [1.807, 2.05) is 31.2 Å². The molecule has 2 aromatic carbocycles. The molecule has 1 fully saturated rings. The summed E-state index contributed by atoms with van der Waals surface area (Å²) in [7, 11) is 0. The zero-order valence-corrected chi connectivity index (χ0v) is 18.8. The van der Waals surface area contributed by atoms with Crippen LogP contribution in [0.15, 0.2) is 64.9 Å². The van der Waals surface area contributed by atoms with Crippen molar-refractivity contribution in [2.75, 3.05) is 6.54 Å². The minimum atomic E-state index is 0.0119. The largest absolute Gasteiger partial charge is 0.512 e. The Bertz CT molecular complexity index is 1170. The number of hydrogen-bond acceptors (Lipinski definition) is 4. The topological polar surface area (TPSA) is 74.7 Å². The lowest BCUT2D eigenvalue weighted by Crippen LogP contribution is -2.21. The molecule has 0 aliphatic heterocycles. The molecular weight excluding hydrogens is 400 g/mol. The molecule has 1 aliphatic rings. The summed E-state index contributed by atoms with van der Waals surface area (Å²) in [6.07, 6.45) is 3.24. The average molecular weight is 431 g/mol. The fourth-order valence-electron chi connectivity index (χ4n) is 4.31. The fourth-order valence-corrected chi connectivity index (χ4v) is 4.31. The molecule has 0 atom stereocenters. The standard InChI is InChI=1S/C27H30N2O3/c1-3-25(30)27-24(10-7-11-26(27)31)28-15-14-21-18(2)29-23-13-12-20(16-22(21)23)32-17-19-8-5-4-6-9-19/h4-6,8-9,12-13,16,29-30H,3,7,10-11,14-15,17H2,1-2H3. The Hall–Kier alpha value is -3.34. The van der Waals surface area contributed by atoms with Crippen LogP contribution in [0.2, 0.25) is 0 Å². The molecule has 5 heteroatoms. The van der Waals surface area contributed by atoms with E-state index in [2.05, 4.69) is 36.2 Å². The van der Waals surface area contributed by atoms with Gasteiger partial charge in [-0.3, -0.25) is 9.79 Å². The lowest BCUT2D eigenvalue weighted by Gasteiger charge is -2.17. The molecular formula is C27H30N2O3. The number of nitrogens with zero attached hydrogens (tertiary/aromatic N) is 1. The summed E-state index contributed by atoms with van der Waals surface area (Å²) in [5.74, 6) is 1.01. The number of aromatic amines is 1. The van der Waals surface area contributed by atoms with Crippen LogP contribution in [-0.2, 0) is 17.8 Å². The number of carbonyl (C=O) groups excluding carboxylic acids is 1. The number of rotatable bonds is 7. The van der Waals surface area contributed by atoms with Gasteiger partial charge in [-0.05, 0) is 55.5 Å². The normalized spacial score (nSPS) is 17.2. The summed E-state index contributed by atoms with van der Waals surface area (Å²) in [5, 5.41) is 11.4. The number of allylic oxidation sites excluding steroid dienone is 2. The van der Waals surface area contributed by atoms with E-state index in [1.54, 1.807) is 0 Å². The van der Waals surface area contributed by atoms with Crippen molar-refractivity contribution < 1.29 is 14.6 Å². The Morgan fingerprint density at radius 1 is 1.16 bits per heavy atom. The van der Waals surface area contributed by atoms with Crippen molar-refractivity contribution in [2.24, 2.45) is 4.99 Å². The first-order chi connectivity index (χ1) is 15.6. The van der Waals surface area contributed by atoms with E-state index in [-0.39, 0.29) is 11.5 Å². The summed E-state index contributed by atoms with van der Waals surface area (Å²) in [4.78, 5) is 20.5. The van der Waals surface area contributed by atoms with Crippen molar-refractivity contribution in [2.45, 2.75) is 52.6 Å². The highest BCUT2D eigenvalue weighted by atomic mass is 16.5. The minimum absolute atomic E-state index is 0.0119. The summed E-state index contributed by atoms with van der Waals surface area (Å²) in [6, 6.07) is 16.3. The Labute approximate surface area is 188 Å². The molecule has 166 valence electrons. The number of carbonyl (C=O) groups is 1. The Morgan fingerprint density at radius 2 is 1.97 bits per heavy atom. The first kappa shape index (κ1) is 21.9. The second-order valence-electron chi connectivity index (χ2n) is 8.24. The minimum Gasteiger partial charge on any atom is -0.512 e. The van der Waals surface area contributed by atoms with Gasteiger partial charge in [-0.2, -0.15) is 0 Å². The van der Waals surface area contributed by atoms with Crippen LogP contribution in [0, 0.1) is 6.92 Å². The Kier molecular flexibility index (Phi) is 6.74. The van der Waals surface area contributed by atoms with Gasteiger partial charge in [0.25, 0.3) is 0 Å². The quantitative estimate of drug-likeness (QED) is 0.356. The number of fused-ring (bicyclic) bond motifs is 1. The lowest BCUT2D eigenvalue weighted by atomic mass is 9.90. The van der Waals surface area contributed by atoms with Gasteiger partial charge in [0.15, 0.2) is 5.78 Å². The molecule has 3 aromatic rings. The molecule has 0 spiro atoms. The number of aliphatic hydroxyl groups is 1. The highest BCUT2D eigenvalue weighted by Crippen LogP contribution is 2.28. The molecule has 5 nitrogen and oxygen atoms in total. The van der Waals surface area contributed by atoms with Crippen LogP contribution < -0.4 is 4.74 Å². The van der Waals surface area contributed by atoms with Gasteiger partial charge < -0.3 is 14.8 Å². The predicted octanol–water partition coefficient (Wildman–Crippen LogP) is 6.01. The average Bonchev–Trinajstić information content (AvgIpc) is 3.12. The van der Waals surface area contributed by atoms with Crippen molar-refractivity contribution >= 4 is 22.4 Å². The molecule has 0 unspecified atom stereocenters. The van der Waals surface area contributed by atoms with E-state index in [0.717, 1.165) is 52.9 Å². The molecule has 0 saturated heterocycles. The van der Waals surface area contributed by atoms with Crippen molar-refractivity contribution in [1.29, 1.82) is 0 Å². The SMILES string of the molecule is CCC(O)=C1C(=O)CCCC1=NCCc1c(C)[nH]c2ccc(OCc3ccccc3)cc12. The molecule has 1 saturated carbocycles. The number of Topliss-reactive ketones (excluding diaryl/α,β-unsaturated/α-hetero) is 1. The number of aliphatic hydroxyl groups excluding tert-OH is 1. The number of ether oxygens (including phenoxy) is 1. The maximum Gasteiger partial charge on any atom is 0.168 e. The van der Waals surface area contributed by atoms with E-state index < -0.39 is 0 Å². The van der Waals surface area contributed by atoms with E-state index >= 15 is 0 Å². The number of aromatic nitrogens is 1. The Morgan fingerprint density at radius 3 is 2.75 bits per heavy atom. The fraction of sp³-hybridized carbons (Fsp3) is 0.333. The predicted molar refractivity (Wildman–Crippen MR) is 129 cm³/mol. The lowest BCUT2D eigenvalue weighted by molar-refractivity contribution is -0.115. The molecule has 1 aromatic heterocycles. The van der Waals surface area contributed by atoms with Crippen LogP contribution in [0.3, 0.4) is 0 Å². The van der Waals surface area contributed by atoms with Gasteiger partial charge in [-0.15, -0.1) is 0 Å². The maximum atomic E-state index is 12.3. The number of benzene rings is 2. The molecule has 2 N–H and O–H groups in total. The molecule has 1 heterocycles. The third-order valence-corrected chi connectivity index (χ3v) is 6.01. The van der Waals surface area contributed by atoms with Crippen LogP contribution in [0.1, 0.15) is 49.4 Å². The number of nitrogens with one attached hydrogen (secondary N) is 1. The third-order valence-electron chi connectivity index (χ3n) is 6.01. The first-order valence-corrected chi connectivity index (χ1v) is 11.3. The van der Waals surface area contributed by atoms with Crippen molar-refractivity contribution in [1.82, 2.24) is 4.98 Å². The number of aliphatic imine (C=N–C) groups is 1. The second kappa shape index (κ2) is 9.86. The highest BCUT2D eigenvalue weighted by Gasteiger charge is 2.24. The summed E-state index contributed by atoms with van der Waals surface area (Å²) in [5.41, 5.74) is 5.74. The number of H-pyrrole nitrogens is 1. The second-order valence-corrected chi connectivity index (χ2v) is 8.24. The smallest absolute Gasteiger partial charge is 0.168 e. The molecule has 1 aliphatic carbocycles. The van der Waals surface area contributed by atoms with E-state index in [1.165, 1.54) is 5.56 Å². The third kappa shape index (κ3) is 4.77. The van der Waals surface area contributed by atoms with Crippen molar-refractivity contribution in [3.8, 4) is 5.75 Å². The number of hydrogen-bond donors (Lipinski definition) is 2. The van der Waals surface area contributed by atoms with Crippen molar-refractivity contribution in [3.05, 3.63) is 76.7 Å². The Balaban J connectivity index is 1.52. The monoisotopic (exact) mass is 430 g/mol. The highest BCUT2D eigenvalue weighted by molar-refractivity contribution is 6.24. The van der Waals surface area contributed by atoms with Gasteiger partial charge in [0.05, 0.1) is 5.57 Å². The van der Waals surface area contributed by atoms with Gasteiger partial charge in [0.2, 0.25) is 0 Å². The van der Waals surface area contributed by atoms with Crippen LogP contribution in [0.5, 0.6) is 5.75 Å². The summed E-state index contributed by atoms with van der Waals surface area (Å²) >= 11 is 0. The van der Waals surface area contributed by atoms with Crippen LogP contribution in [0.4, 0.5) is 0 Å². The number of aryl methyl sites for hydroxylation is 1. The van der Waals surface area contributed by atoms with Gasteiger partial charge in [0.1, 0.15) is 18.1 Å². The van der Waals surface area contributed by atoms with Crippen molar-refractivity contribution in [3.63, 3.8) is 0 Å². The van der Waals surface area contributed by atoms with Gasteiger partial charge in [-0.1, -0.05) is 37.3 Å². The molecule has 32 heavy (non-hydrogen) atoms. The molecule has 4 rings (SSSR count). The van der Waals surface area contributed by atoms with Gasteiger partial charge in [0, 0.05) is 41.7 Å². The molecule has 0 radical (unpaired) electrons. The van der Waals surface area contributed by atoms with E-state index in [4.69, 9.17) is 9.73 Å². The van der Waals surface area contributed by atoms with E-state index in [9.17, 15) is 9.90 Å². The molecule has 0 amide bonds. The van der Waals surface area contributed by atoms with Gasteiger partial charge >= 0.3 is 0 Å².